The molecule has 0 unspecified atom stereocenters. The van der Waals surface area contributed by atoms with Gasteiger partial charge in [-0.1, -0.05) is 12.8 Å². The Morgan fingerprint density at radius 2 is 1.78 bits per heavy atom. The third-order valence-electron chi connectivity index (χ3n) is 5.62. The van der Waals surface area contributed by atoms with Gasteiger partial charge in [0.15, 0.2) is 0 Å². The lowest BCUT2D eigenvalue weighted by molar-refractivity contribution is -0.138. The third-order valence-corrected chi connectivity index (χ3v) is 5.62. The molecule has 2 heterocycles. The molecule has 1 aromatic heterocycles. The number of hydrogen-bond donors (Lipinski definition) is 1. The summed E-state index contributed by atoms with van der Waals surface area (Å²) in [5, 5.41) is 4.49. The van der Waals surface area contributed by atoms with Gasteiger partial charge in [-0.3, -0.25) is 14.4 Å². The molecule has 23 heavy (non-hydrogen) atoms. The molecule has 0 aromatic carbocycles. The first-order valence-corrected chi connectivity index (χ1v) is 8.70. The molecular formula is C17H29N5O. The lowest BCUT2D eigenvalue weighted by Crippen LogP contribution is -2.58. The zero-order valence-electron chi connectivity index (χ0n) is 14.6. The first-order chi connectivity index (χ1) is 10.9. The zero-order valence-corrected chi connectivity index (χ0v) is 14.6. The van der Waals surface area contributed by atoms with Gasteiger partial charge in [0.05, 0.1) is 11.2 Å². The zero-order chi connectivity index (χ0) is 16.6. The summed E-state index contributed by atoms with van der Waals surface area (Å²) < 4.78 is 1.95. The molecule has 1 aromatic rings. The van der Waals surface area contributed by atoms with Gasteiger partial charge in [-0.2, -0.15) is 5.10 Å². The number of nitrogens with zero attached hydrogens (tertiary/aromatic N) is 4. The fourth-order valence-electron chi connectivity index (χ4n) is 3.91. The van der Waals surface area contributed by atoms with Gasteiger partial charge in [0.2, 0.25) is 5.91 Å². The van der Waals surface area contributed by atoms with Gasteiger partial charge in [0.1, 0.15) is 0 Å². The molecule has 6 heteroatoms. The molecule has 0 atom stereocenters. The van der Waals surface area contributed by atoms with E-state index in [2.05, 4.69) is 23.8 Å². The minimum absolute atomic E-state index is 0.170. The van der Waals surface area contributed by atoms with Gasteiger partial charge in [0, 0.05) is 51.0 Å². The fraction of sp³-hybridized carbons (Fsp3) is 0.765. The van der Waals surface area contributed by atoms with Crippen molar-refractivity contribution in [1.29, 1.82) is 0 Å². The summed E-state index contributed by atoms with van der Waals surface area (Å²) in [7, 11) is 1.99. The Labute approximate surface area is 138 Å². The van der Waals surface area contributed by atoms with Gasteiger partial charge in [0.25, 0.3) is 0 Å². The van der Waals surface area contributed by atoms with Gasteiger partial charge in [-0.15, -0.1) is 0 Å². The monoisotopic (exact) mass is 319 g/mol. The van der Waals surface area contributed by atoms with Crippen molar-refractivity contribution in [2.75, 3.05) is 26.2 Å². The minimum Gasteiger partial charge on any atom is -0.339 e. The van der Waals surface area contributed by atoms with Crippen LogP contribution < -0.4 is 5.73 Å². The van der Waals surface area contributed by atoms with Crippen LogP contribution in [0.15, 0.2) is 0 Å². The van der Waals surface area contributed by atoms with Crippen molar-refractivity contribution >= 4 is 5.91 Å². The fourth-order valence-corrected chi connectivity index (χ4v) is 3.91. The lowest BCUT2D eigenvalue weighted by atomic mass is 9.97. The van der Waals surface area contributed by atoms with Crippen LogP contribution in [0.1, 0.15) is 42.6 Å². The second kappa shape index (κ2) is 6.24. The maximum absolute atomic E-state index is 12.7. The maximum Gasteiger partial charge on any atom is 0.242 e. The van der Waals surface area contributed by atoms with Crippen LogP contribution in [-0.4, -0.2) is 57.2 Å². The molecular weight excluding hydrogens is 290 g/mol. The van der Waals surface area contributed by atoms with E-state index in [9.17, 15) is 4.79 Å². The molecule has 0 bridgehead atoms. The van der Waals surface area contributed by atoms with Crippen molar-refractivity contribution in [3.8, 4) is 0 Å². The number of carbonyl (C=O) groups is 1. The van der Waals surface area contributed by atoms with E-state index >= 15 is 0 Å². The number of nitrogens with two attached hydrogens (primary N) is 1. The van der Waals surface area contributed by atoms with Gasteiger partial charge in [-0.25, -0.2) is 0 Å². The van der Waals surface area contributed by atoms with Crippen molar-refractivity contribution < 1.29 is 4.79 Å². The van der Waals surface area contributed by atoms with Crippen molar-refractivity contribution in [3.63, 3.8) is 0 Å². The van der Waals surface area contributed by atoms with Gasteiger partial charge in [-0.05, 0) is 26.7 Å². The largest absolute Gasteiger partial charge is 0.339 e. The standard InChI is InChI=1S/C17H29N5O/c1-13-15(14(2)20(3)19-13)12-21-8-10-22(11-9-21)16(23)17(18)6-4-5-7-17/h4-12,18H2,1-3H3. The number of rotatable bonds is 3. The highest BCUT2D eigenvalue weighted by Gasteiger charge is 2.40. The molecule has 1 aliphatic carbocycles. The van der Waals surface area contributed by atoms with Crippen LogP contribution in [0.4, 0.5) is 0 Å². The number of aryl methyl sites for hydroxylation is 2. The topological polar surface area (TPSA) is 67.4 Å². The third kappa shape index (κ3) is 3.15. The highest BCUT2D eigenvalue weighted by Crippen LogP contribution is 2.29. The highest BCUT2D eigenvalue weighted by atomic mass is 16.2. The second-order valence-electron chi connectivity index (χ2n) is 7.20. The van der Waals surface area contributed by atoms with E-state index < -0.39 is 5.54 Å². The molecule has 2 fully saturated rings. The summed E-state index contributed by atoms with van der Waals surface area (Å²) in [6.45, 7) is 8.51. The molecule has 2 aliphatic rings. The van der Waals surface area contributed by atoms with Gasteiger partial charge < -0.3 is 10.6 Å². The van der Waals surface area contributed by atoms with E-state index in [1.807, 2.05) is 16.6 Å². The summed E-state index contributed by atoms with van der Waals surface area (Å²) in [6, 6.07) is 0. The molecule has 1 amide bonds. The molecule has 1 saturated heterocycles. The maximum atomic E-state index is 12.7. The Kier molecular flexibility index (Phi) is 4.47. The molecule has 3 rings (SSSR count). The second-order valence-corrected chi connectivity index (χ2v) is 7.20. The Morgan fingerprint density at radius 1 is 1.17 bits per heavy atom. The van der Waals surface area contributed by atoms with E-state index in [0.29, 0.717) is 0 Å². The van der Waals surface area contributed by atoms with Crippen LogP contribution in [0.25, 0.3) is 0 Å². The molecule has 128 valence electrons. The van der Waals surface area contributed by atoms with Crippen molar-refractivity contribution in [1.82, 2.24) is 19.6 Å². The summed E-state index contributed by atoms with van der Waals surface area (Å²) in [4.78, 5) is 17.1. The predicted molar refractivity (Wildman–Crippen MR) is 89.9 cm³/mol. The SMILES string of the molecule is Cc1nn(C)c(C)c1CN1CCN(C(=O)C2(N)CCCC2)CC1. The van der Waals surface area contributed by atoms with Crippen LogP contribution >= 0.6 is 0 Å². The Bertz CT molecular complexity index is 580. The number of piperazine rings is 1. The van der Waals surface area contributed by atoms with Crippen LogP contribution in [0, 0.1) is 13.8 Å². The minimum atomic E-state index is -0.585. The molecule has 0 radical (unpaired) electrons. The summed E-state index contributed by atoms with van der Waals surface area (Å²) in [5.74, 6) is 0.170. The number of hydrogen-bond acceptors (Lipinski definition) is 4. The average Bonchev–Trinajstić information content (AvgIpc) is 3.08. The quantitative estimate of drug-likeness (QED) is 0.901. The number of aromatic nitrogens is 2. The van der Waals surface area contributed by atoms with E-state index in [1.54, 1.807) is 0 Å². The Hall–Kier alpha value is -1.40. The number of amides is 1. The molecule has 0 spiro atoms. The normalized spacial score (nSPS) is 21.8. The van der Waals surface area contributed by atoms with Crippen LogP contribution in [-0.2, 0) is 18.4 Å². The smallest absolute Gasteiger partial charge is 0.242 e. The van der Waals surface area contributed by atoms with E-state index in [4.69, 9.17) is 5.73 Å². The average molecular weight is 319 g/mol. The van der Waals surface area contributed by atoms with E-state index in [-0.39, 0.29) is 5.91 Å². The van der Waals surface area contributed by atoms with Crippen LogP contribution in [0.5, 0.6) is 0 Å². The Balaban J connectivity index is 1.57. The van der Waals surface area contributed by atoms with Gasteiger partial charge >= 0.3 is 0 Å². The summed E-state index contributed by atoms with van der Waals surface area (Å²) in [6.07, 6.45) is 3.86. The first-order valence-electron chi connectivity index (χ1n) is 8.70. The van der Waals surface area contributed by atoms with Crippen molar-refractivity contribution in [2.45, 2.75) is 51.6 Å². The van der Waals surface area contributed by atoms with Crippen molar-refractivity contribution in [3.05, 3.63) is 17.0 Å². The molecule has 1 aliphatic heterocycles. The van der Waals surface area contributed by atoms with Crippen LogP contribution in [0.2, 0.25) is 0 Å². The van der Waals surface area contributed by atoms with E-state index in [1.165, 1.54) is 11.3 Å². The lowest BCUT2D eigenvalue weighted by Gasteiger charge is -2.38. The molecule has 1 saturated carbocycles. The predicted octanol–water partition coefficient (Wildman–Crippen LogP) is 0.953. The highest BCUT2D eigenvalue weighted by molar-refractivity contribution is 5.86. The molecule has 2 N–H and O–H groups in total. The van der Waals surface area contributed by atoms with E-state index in [0.717, 1.165) is 64.1 Å². The Morgan fingerprint density at radius 3 is 2.30 bits per heavy atom. The first kappa shape index (κ1) is 16.5. The summed E-state index contributed by atoms with van der Waals surface area (Å²) >= 11 is 0. The van der Waals surface area contributed by atoms with Crippen LogP contribution in [0.3, 0.4) is 0 Å². The van der Waals surface area contributed by atoms with Crippen molar-refractivity contribution in [2.24, 2.45) is 12.8 Å². The number of carbonyl (C=O) groups excluding carboxylic acids is 1. The molecule has 6 nitrogen and oxygen atoms in total. The summed E-state index contributed by atoms with van der Waals surface area (Å²) in [5.41, 5.74) is 9.39.